The first-order valence-corrected chi connectivity index (χ1v) is 8.98. The van der Waals surface area contributed by atoms with E-state index in [-0.39, 0.29) is 29.3 Å². The van der Waals surface area contributed by atoms with Gasteiger partial charge in [-0.05, 0) is 38.8 Å². The predicted octanol–water partition coefficient (Wildman–Crippen LogP) is 4.98. The first-order chi connectivity index (χ1) is 11.9. The number of carbonyl (C=O) groups is 1. The Morgan fingerprint density at radius 1 is 1.04 bits per heavy atom. The lowest BCUT2D eigenvalue weighted by atomic mass is 9.78. The molecule has 0 aromatic heterocycles. The van der Waals surface area contributed by atoms with Gasteiger partial charge in [0.05, 0.1) is 11.5 Å². The van der Waals surface area contributed by atoms with Crippen LogP contribution < -0.4 is 9.47 Å². The molecular weight excluding hydrogens is 312 g/mol. The van der Waals surface area contributed by atoms with Crippen molar-refractivity contribution < 1.29 is 14.3 Å². The lowest BCUT2D eigenvalue weighted by Gasteiger charge is -2.39. The van der Waals surface area contributed by atoms with Gasteiger partial charge in [-0.1, -0.05) is 37.3 Å². The van der Waals surface area contributed by atoms with E-state index in [1.54, 1.807) is 0 Å². The Morgan fingerprint density at radius 3 is 2.48 bits per heavy atom. The van der Waals surface area contributed by atoms with Crippen LogP contribution in [0.1, 0.15) is 61.5 Å². The quantitative estimate of drug-likeness (QED) is 0.737. The molecule has 2 aliphatic heterocycles. The first kappa shape index (κ1) is 16.2. The zero-order valence-corrected chi connectivity index (χ0v) is 15.2. The number of hydrogen-bond acceptors (Lipinski definition) is 3. The molecule has 25 heavy (non-hydrogen) atoms. The van der Waals surface area contributed by atoms with Crippen LogP contribution >= 0.6 is 0 Å². The minimum Gasteiger partial charge on any atom is -0.489 e. The standard InChI is InChI=1S/C22H24O3/c1-13-14(2)24-19-11-20-16(10-17(19)21(13)23)18(12-22(3,4)25-20)15-8-6-5-7-9-15/h5-11,13-14,18H,12H2,1-4H3. The molecule has 0 radical (unpaired) electrons. The third-order valence-corrected chi connectivity index (χ3v) is 5.47. The van der Waals surface area contributed by atoms with Gasteiger partial charge in [-0.15, -0.1) is 0 Å². The molecule has 130 valence electrons. The number of ketones is 1. The van der Waals surface area contributed by atoms with Gasteiger partial charge in [-0.25, -0.2) is 0 Å². The maximum Gasteiger partial charge on any atom is 0.173 e. The molecule has 0 saturated heterocycles. The van der Waals surface area contributed by atoms with Crippen molar-refractivity contribution in [3.8, 4) is 11.5 Å². The van der Waals surface area contributed by atoms with Crippen LogP contribution in [0.15, 0.2) is 42.5 Å². The summed E-state index contributed by atoms with van der Waals surface area (Å²) in [6.45, 7) is 8.11. The summed E-state index contributed by atoms with van der Waals surface area (Å²) in [4.78, 5) is 12.8. The van der Waals surface area contributed by atoms with Gasteiger partial charge >= 0.3 is 0 Å². The molecule has 2 aliphatic rings. The summed E-state index contributed by atoms with van der Waals surface area (Å²) in [5.41, 5.74) is 2.77. The summed E-state index contributed by atoms with van der Waals surface area (Å²) < 4.78 is 12.2. The van der Waals surface area contributed by atoms with Crippen molar-refractivity contribution in [3.63, 3.8) is 0 Å². The van der Waals surface area contributed by atoms with Crippen LogP contribution in [0, 0.1) is 5.92 Å². The van der Waals surface area contributed by atoms with Gasteiger partial charge in [-0.3, -0.25) is 4.79 Å². The van der Waals surface area contributed by atoms with E-state index in [1.807, 2.05) is 32.0 Å². The second-order valence-electron chi connectivity index (χ2n) is 7.89. The molecule has 0 aliphatic carbocycles. The number of Topliss-reactive ketones (excluding diaryl/α,β-unsaturated/α-hetero) is 1. The summed E-state index contributed by atoms with van der Waals surface area (Å²) in [5.74, 6) is 1.74. The number of carbonyl (C=O) groups excluding carboxylic acids is 1. The lowest BCUT2D eigenvalue weighted by molar-refractivity contribution is 0.0691. The fourth-order valence-electron chi connectivity index (χ4n) is 3.91. The topological polar surface area (TPSA) is 35.5 Å². The Kier molecular flexibility index (Phi) is 3.64. The molecule has 2 aromatic carbocycles. The van der Waals surface area contributed by atoms with E-state index in [2.05, 4.69) is 38.1 Å². The molecule has 0 bridgehead atoms. The number of ether oxygens (including phenoxy) is 2. The van der Waals surface area contributed by atoms with Crippen LogP contribution in [-0.4, -0.2) is 17.5 Å². The normalized spacial score (nSPS) is 26.9. The molecule has 0 spiro atoms. The van der Waals surface area contributed by atoms with E-state index in [4.69, 9.17) is 9.47 Å². The van der Waals surface area contributed by atoms with Gasteiger partial charge in [0.25, 0.3) is 0 Å². The zero-order chi connectivity index (χ0) is 17.8. The van der Waals surface area contributed by atoms with Crippen molar-refractivity contribution in [2.24, 2.45) is 5.92 Å². The van der Waals surface area contributed by atoms with Gasteiger partial charge in [-0.2, -0.15) is 0 Å². The van der Waals surface area contributed by atoms with E-state index in [9.17, 15) is 4.79 Å². The van der Waals surface area contributed by atoms with Gasteiger partial charge in [0, 0.05) is 17.5 Å². The summed E-state index contributed by atoms with van der Waals surface area (Å²) in [6.07, 6.45) is 0.767. The van der Waals surface area contributed by atoms with Gasteiger partial charge in [0.2, 0.25) is 0 Å². The van der Waals surface area contributed by atoms with Crippen molar-refractivity contribution in [1.29, 1.82) is 0 Å². The SMILES string of the molecule is CC1Oc2cc3c(cc2C(=O)C1C)C(c1ccccc1)CC(C)(C)O3. The predicted molar refractivity (Wildman–Crippen MR) is 97.6 cm³/mol. The molecule has 3 heteroatoms. The molecule has 3 nitrogen and oxygen atoms in total. The Hall–Kier alpha value is -2.29. The lowest BCUT2D eigenvalue weighted by Crippen LogP contribution is -2.37. The highest BCUT2D eigenvalue weighted by molar-refractivity contribution is 6.02. The summed E-state index contributed by atoms with van der Waals surface area (Å²) >= 11 is 0. The minimum atomic E-state index is -0.265. The van der Waals surface area contributed by atoms with Crippen molar-refractivity contribution in [2.75, 3.05) is 0 Å². The van der Waals surface area contributed by atoms with Gasteiger partial charge in [0.1, 0.15) is 23.2 Å². The van der Waals surface area contributed by atoms with E-state index in [1.165, 1.54) is 5.56 Å². The van der Waals surface area contributed by atoms with Crippen LogP contribution in [0.3, 0.4) is 0 Å². The Morgan fingerprint density at radius 2 is 1.76 bits per heavy atom. The highest BCUT2D eigenvalue weighted by atomic mass is 16.5. The van der Waals surface area contributed by atoms with Crippen molar-refractivity contribution in [2.45, 2.75) is 51.7 Å². The van der Waals surface area contributed by atoms with E-state index >= 15 is 0 Å². The van der Waals surface area contributed by atoms with E-state index in [0.29, 0.717) is 11.3 Å². The van der Waals surface area contributed by atoms with Crippen LogP contribution in [0.2, 0.25) is 0 Å². The molecule has 0 amide bonds. The van der Waals surface area contributed by atoms with Crippen LogP contribution in [-0.2, 0) is 0 Å². The van der Waals surface area contributed by atoms with E-state index in [0.717, 1.165) is 17.7 Å². The summed E-state index contributed by atoms with van der Waals surface area (Å²) in [5, 5.41) is 0. The second kappa shape index (κ2) is 5.62. The average molecular weight is 336 g/mol. The fourth-order valence-corrected chi connectivity index (χ4v) is 3.91. The number of benzene rings is 2. The van der Waals surface area contributed by atoms with Gasteiger partial charge < -0.3 is 9.47 Å². The fraction of sp³-hybridized carbons (Fsp3) is 0.409. The minimum absolute atomic E-state index is 0.112. The van der Waals surface area contributed by atoms with Gasteiger partial charge in [0.15, 0.2) is 5.78 Å². The number of hydrogen-bond donors (Lipinski definition) is 0. The highest BCUT2D eigenvalue weighted by Gasteiger charge is 2.38. The Bertz CT molecular complexity index is 823. The molecule has 0 N–H and O–H groups in total. The van der Waals surface area contributed by atoms with Crippen LogP contribution in [0.5, 0.6) is 11.5 Å². The summed E-state index contributed by atoms with van der Waals surface area (Å²) in [6, 6.07) is 14.4. The molecule has 4 rings (SSSR count). The third-order valence-electron chi connectivity index (χ3n) is 5.47. The number of fused-ring (bicyclic) bond motifs is 2. The Labute approximate surface area is 149 Å². The van der Waals surface area contributed by atoms with Crippen LogP contribution in [0.25, 0.3) is 0 Å². The van der Waals surface area contributed by atoms with Crippen molar-refractivity contribution in [3.05, 3.63) is 59.2 Å². The molecule has 2 heterocycles. The second-order valence-corrected chi connectivity index (χ2v) is 7.89. The summed E-state index contributed by atoms with van der Waals surface area (Å²) in [7, 11) is 0. The maximum absolute atomic E-state index is 12.8. The van der Waals surface area contributed by atoms with Crippen molar-refractivity contribution >= 4 is 5.78 Å². The number of rotatable bonds is 1. The molecule has 0 fully saturated rings. The van der Waals surface area contributed by atoms with Crippen LogP contribution in [0.4, 0.5) is 0 Å². The largest absolute Gasteiger partial charge is 0.489 e. The average Bonchev–Trinajstić information content (AvgIpc) is 2.58. The third kappa shape index (κ3) is 2.72. The molecular formula is C22H24O3. The van der Waals surface area contributed by atoms with E-state index < -0.39 is 0 Å². The Balaban J connectivity index is 1.87. The first-order valence-electron chi connectivity index (χ1n) is 8.98. The molecule has 0 saturated carbocycles. The maximum atomic E-state index is 12.8. The van der Waals surface area contributed by atoms with Crippen molar-refractivity contribution in [1.82, 2.24) is 0 Å². The molecule has 2 aromatic rings. The molecule has 3 unspecified atom stereocenters. The highest BCUT2D eigenvalue weighted by Crippen LogP contribution is 2.47. The molecule has 3 atom stereocenters. The smallest absolute Gasteiger partial charge is 0.173 e. The zero-order valence-electron chi connectivity index (χ0n) is 15.2. The monoisotopic (exact) mass is 336 g/mol.